The van der Waals surface area contributed by atoms with Crippen LogP contribution in [0.4, 0.5) is 0 Å². The molecule has 2 rings (SSSR count). The van der Waals surface area contributed by atoms with Gasteiger partial charge in [-0.3, -0.25) is 0 Å². The number of rotatable bonds is 2. The van der Waals surface area contributed by atoms with Crippen LogP contribution in [0.1, 0.15) is 30.9 Å². The SMILES string of the molecule is CCn1c(C)nnc1C1C=CC(N)C1. The highest BCUT2D eigenvalue weighted by Gasteiger charge is 2.22. The fourth-order valence-electron chi connectivity index (χ4n) is 1.98. The second-order valence-electron chi connectivity index (χ2n) is 3.74. The van der Waals surface area contributed by atoms with Crippen molar-refractivity contribution in [1.82, 2.24) is 14.8 Å². The zero-order valence-electron chi connectivity index (χ0n) is 8.64. The number of aryl methyl sites for hydroxylation is 1. The minimum atomic E-state index is 0.183. The van der Waals surface area contributed by atoms with Gasteiger partial charge < -0.3 is 10.3 Å². The van der Waals surface area contributed by atoms with Crippen LogP contribution in [0.25, 0.3) is 0 Å². The van der Waals surface area contributed by atoms with Gasteiger partial charge in [-0.15, -0.1) is 10.2 Å². The second kappa shape index (κ2) is 3.53. The average molecular weight is 192 g/mol. The summed E-state index contributed by atoms with van der Waals surface area (Å²) in [6.07, 6.45) is 5.15. The molecule has 4 heteroatoms. The number of hydrogen-bond donors (Lipinski definition) is 1. The molecule has 0 aliphatic heterocycles. The van der Waals surface area contributed by atoms with E-state index in [1.54, 1.807) is 0 Å². The van der Waals surface area contributed by atoms with E-state index < -0.39 is 0 Å². The van der Waals surface area contributed by atoms with E-state index in [4.69, 9.17) is 5.73 Å². The second-order valence-corrected chi connectivity index (χ2v) is 3.74. The number of aromatic nitrogens is 3. The van der Waals surface area contributed by atoms with Crippen molar-refractivity contribution in [2.24, 2.45) is 5.73 Å². The summed E-state index contributed by atoms with van der Waals surface area (Å²) in [6.45, 7) is 5.02. The van der Waals surface area contributed by atoms with Crippen LogP contribution >= 0.6 is 0 Å². The predicted octanol–water partition coefficient (Wildman–Crippen LogP) is 0.977. The lowest BCUT2D eigenvalue weighted by atomic mass is 10.1. The molecule has 0 bridgehead atoms. The van der Waals surface area contributed by atoms with Crippen molar-refractivity contribution in [3.8, 4) is 0 Å². The van der Waals surface area contributed by atoms with E-state index in [1.807, 2.05) is 6.92 Å². The minimum Gasteiger partial charge on any atom is -0.324 e. The molecule has 0 saturated heterocycles. The van der Waals surface area contributed by atoms with Crippen LogP contribution in [0.5, 0.6) is 0 Å². The van der Waals surface area contributed by atoms with E-state index in [0.717, 1.165) is 24.6 Å². The van der Waals surface area contributed by atoms with E-state index in [-0.39, 0.29) is 6.04 Å². The fourth-order valence-corrected chi connectivity index (χ4v) is 1.98. The third-order valence-electron chi connectivity index (χ3n) is 2.73. The topological polar surface area (TPSA) is 56.7 Å². The smallest absolute Gasteiger partial charge is 0.140 e. The van der Waals surface area contributed by atoms with E-state index in [1.165, 1.54) is 0 Å². The van der Waals surface area contributed by atoms with Gasteiger partial charge in [0, 0.05) is 18.5 Å². The summed E-state index contributed by atoms with van der Waals surface area (Å²) in [6, 6.07) is 0.183. The Kier molecular flexibility index (Phi) is 2.37. The zero-order valence-corrected chi connectivity index (χ0v) is 8.64. The standard InChI is InChI=1S/C10H16N4/c1-3-14-7(2)12-13-10(14)8-4-5-9(11)6-8/h4-5,8-9H,3,6,11H2,1-2H3. The minimum absolute atomic E-state index is 0.183. The Labute approximate surface area is 83.8 Å². The summed E-state index contributed by atoms with van der Waals surface area (Å²) in [7, 11) is 0. The lowest BCUT2D eigenvalue weighted by Gasteiger charge is -2.10. The molecule has 0 radical (unpaired) electrons. The Morgan fingerprint density at radius 2 is 2.29 bits per heavy atom. The molecule has 14 heavy (non-hydrogen) atoms. The first-order valence-electron chi connectivity index (χ1n) is 5.06. The maximum atomic E-state index is 5.82. The van der Waals surface area contributed by atoms with E-state index in [0.29, 0.717) is 5.92 Å². The van der Waals surface area contributed by atoms with Gasteiger partial charge in [-0.05, 0) is 20.3 Å². The van der Waals surface area contributed by atoms with Crippen LogP contribution in [0.2, 0.25) is 0 Å². The van der Waals surface area contributed by atoms with Crippen LogP contribution in [-0.4, -0.2) is 20.8 Å². The quantitative estimate of drug-likeness (QED) is 0.710. The molecule has 0 fully saturated rings. The molecule has 0 spiro atoms. The normalized spacial score (nSPS) is 25.9. The maximum Gasteiger partial charge on any atom is 0.140 e. The Balaban J connectivity index is 2.28. The third-order valence-corrected chi connectivity index (χ3v) is 2.73. The van der Waals surface area contributed by atoms with E-state index in [2.05, 4.69) is 33.8 Å². The molecule has 1 aliphatic carbocycles. The molecule has 2 unspecified atom stereocenters. The fraction of sp³-hybridized carbons (Fsp3) is 0.600. The van der Waals surface area contributed by atoms with Crippen molar-refractivity contribution in [3.63, 3.8) is 0 Å². The maximum absolute atomic E-state index is 5.82. The van der Waals surface area contributed by atoms with Crippen molar-refractivity contribution in [2.75, 3.05) is 0 Å². The summed E-state index contributed by atoms with van der Waals surface area (Å²) in [5.41, 5.74) is 5.82. The van der Waals surface area contributed by atoms with Gasteiger partial charge in [0.2, 0.25) is 0 Å². The number of allylic oxidation sites excluding steroid dienone is 1. The molecule has 1 heterocycles. The molecule has 0 saturated carbocycles. The number of nitrogens with zero attached hydrogens (tertiary/aromatic N) is 3. The van der Waals surface area contributed by atoms with Gasteiger partial charge in [-0.2, -0.15) is 0 Å². The molecular weight excluding hydrogens is 176 g/mol. The molecule has 2 N–H and O–H groups in total. The average Bonchev–Trinajstić information content (AvgIpc) is 2.71. The van der Waals surface area contributed by atoms with Crippen LogP contribution in [-0.2, 0) is 6.54 Å². The third kappa shape index (κ3) is 1.46. The first kappa shape index (κ1) is 9.40. The van der Waals surface area contributed by atoms with Crippen LogP contribution < -0.4 is 5.73 Å². The van der Waals surface area contributed by atoms with Crippen molar-refractivity contribution < 1.29 is 0 Å². The van der Waals surface area contributed by atoms with E-state index in [9.17, 15) is 0 Å². The number of hydrogen-bond acceptors (Lipinski definition) is 3. The van der Waals surface area contributed by atoms with Crippen LogP contribution in [0.3, 0.4) is 0 Å². The van der Waals surface area contributed by atoms with Gasteiger partial charge in [-0.25, -0.2) is 0 Å². The van der Waals surface area contributed by atoms with Gasteiger partial charge in [0.25, 0.3) is 0 Å². The van der Waals surface area contributed by atoms with Gasteiger partial charge in [0.05, 0.1) is 0 Å². The highest BCUT2D eigenvalue weighted by molar-refractivity contribution is 5.18. The first-order chi connectivity index (χ1) is 6.72. The summed E-state index contributed by atoms with van der Waals surface area (Å²) >= 11 is 0. The summed E-state index contributed by atoms with van der Waals surface area (Å²) in [5.74, 6) is 2.39. The predicted molar refractivity (Wildman–Crippen MR) is 54.9 cm³/mol. The summed E-state index contributed by atoms with van der Waals surface area (Å²) in [5, 5.41) is 8.30. The van der Waals surface area contributed by atoms with Crippen molar-refractivity contribution in [2.45, 2.75) is 38.8 Å². The first-order valence-corrected chi connectivity index (χ1v) is 5.06. The molecule has 0 aromatic carbocycles. The van der Waals surface area contributed by atoms with Gasteiger partial charge in [0.1, 0.15) is 11.6 Å². The summed E-state index contributed by atoms with van der Waals surface area (Å²) in [4.78, 5) is 0. The van der Waals surface area contributed by atoms with Crippen molar-refractivity contribution >= 4 is 0 Å². The van der Waals surface area contributed by atoms with Crippen LogP contribution in [0.15, 0.2) is 12.2 Å². The molecule has 2 atom stereocenters. The Bertz CT molecular complexity index is 353. The lowest BCUT2D eigenvalue weighted by molar-refractivity contribution is 0.612. The van der Waals surface area contributed by atoms with E-state index >= 15 is 0 Å². The number of nitrogens with two attached hydrogens (primary N) is 1. The highest BCUT2D eigenvalue weighted by Crippen LogP contribution is 2.26. The van der Waals surface area contributed by atoms with Crippen molar-refractivity contribution in [3.05, 3.63) is 23.8 Å². The molecule has 1 aliphatic rings. The molecule has 4 nitrogen and oxygen atoms in total. The molecular formula is C10H16N4. The van der Waals surface area contributed by atoms with Gasteiger partial charge in [-0.1, -0.05) is 12.2 Å². The van der Waals surface area contributed by atoms with Crippen LogP contribution in [0, 0.1) is 6.92 Å². The Morgan fingerprint density at radius 1 is 1.50 bits per heavy atom. The monoisotopic (exact) mass is 192 g/mol. The van der Waals surface area contributed by atoms with Gasteiger partial charge >= 0.3 is 0 Å². The molecule has 0 amide bonds. The van der Waals surface area contributed by atoms with Gasteiger partial charge in [0.15, 0.2) is 0 Å². The lowest BCUT2D eigenvalue weighted by Crippen LogP contribution is -2.16. The van der Waals surface area contributed by atoms with Crippen molar-refractivity contribution in [1.29, 1.82) is 0 Å². The molecule has 1 aromatic heterocycles. The summed E-state index contributed by atoms with van der Waals surface area (Å²) < 4.78 is 2.15. The zero-order chi connectivity index (χ0) is 10.1. The Morgan fingerprint density at radius 3 is 2.86 bits per heavy atom. The largest absolute Gasteiger partial charge is 0.324 e. The molecule has 1 aromatic rings. The Hall–Kier alpha value is -1.16. The molecule has 76 valence electrons. The highest BCUT2D eigenvalue weighted by atomic mass is 15.3.